The summed E-state index contributed by atoms with van der Waals surface area (Å²) in [5.41, 5.74) is 7.99. The molecule has 0 amide bonds. The quantitative estimate of drug-likeness (QED) is 0.383. The Morgan fingerprint density at radius 1 is 1.73 bits per heavy atom. The topological polar surface area (TPSA) is 86.1 Å². The zero-order valence-corrected chi connectivity index (χ0v) is 6.56. The molecule has 0 aliphatic carbocycles. The molecular weight excluding hydrogens is 146 g/mol. The van der Waals surface area contributed by atoms with Gasteiger partial charge in [-0.2, -0.15) is 0 Å². The molecule has 1 N–H and O–H groups in total. The van der Waals surface area contributed by atoms with Crippen LogP contribution >= 0.6 is 0 Å². The normalized spacial score (nSPS) is 12.3. The Bertz CT molecular complexity index is 182. The number of carboxylic acid groups (broad SMARTS) is 1. The third-order valence-corrected chi connectivity index (χ3v) is 1.17. The van der Waals surface area contributed by atoms with Crippen molar-refractivity contribution in [1.29, 1.82) is 0 Å². The van der Waals surface area contributed by atoms with Crippen molar-refractivity contribution < 1.29 is 9.90 Å². The van der Waals surface area contributed by atoms with E-state index in [-0.39, 0.29) is 5.92 Å². The number of aliphatic carboxylic acids is 1. The minimum atomic E-state index is -1.06. The van der Waals surface area contributed by atoms with E-state index >= 15 is 0 Å². The minimum Gasteiger partial charge on any atom is -0.481 e. The molecule has 0 bridgehead atoms. The van der Waals surface area contributed by atoms with Gasteiger partial charge in [-0.15, -0.1) is 0 Å². The molecule has 0 radical (unpaired) electrons. The second-order valence-electron chi connectivity index (χ2n) is 2.69. The summed E-state index contributed by atoms with van der Waals surface area (Å²) in [5, 5.41) is 11.6. The van der Waals surface area contributed by atoms with E-state index in [1.54, 1.807) is 0 Å². The monoisotopic (exact) mass is 157 g/mol. The van der Waals surface area contributed by atoms with Gasteiger partial charge < -0.3 is 5.11 Å². The Hall–Kier alpha value is -1.22. The summed E-state index contributed by atoms with van der Waals surface area (Å²) in [6.45, 7) is 3.76. The van der Waals surface area contributed by atoms with Gasteiger partial charge in [-0.3, -0.25) is 4.79 Å². The number of nitrogens with zero attached hydrogens (tertiary/aromatic N) is 3. The number of hydrogen-bond acceptors (Lipinski definition) is 2. The standard InChI is InChI=1S/C6H11N3O2/c1-4(2)3-5(6(10)11)8-9-7/h4-5H,3H2,1-2H3,(H,10,11)/t5-/m1/s1. The molecule has 1 atom stereocenters. The van der Waals surface area contributed by atoms with Crippen LogP contribution in [0.2, 0.25) is 0 Å². The Morgan fingerprint density at radius 3 is 2.55 bits per heavy atom. The van der Waals surface area contributed by atoms with Gasteiger partial charge >= 0.3 is 5.97 Å². The zero-order valence-electron chi connectivity index (χ0n) is 6.56. The summed E-state index contributed by atoms with van der Waals surface area (Å²) < 4.78 is 0. The minimum absolute atomic E-state index is 0.224. The van der Waals surface area contributed by atoms with Crippen molar-refractivity contribution in [3.63, 3.8) is 0 Å². The van der Waals surface area contributed by atoms with Gasteiger partial charge in [0.2, 0.25) is 0 Å². The maximum Gasteiger partial charge on any atom is 0.312 e. The van der Waals surface area contributed by atoms with Gasteiger partial charge in [0, 0.05) is 4.91 Å². The molecule has 0 aromatic heterocycles. The van der Waals surface area contributed by atoms with Gasteiger partial charge in [0.15, 0.2) is 0 Å². The van der Waals surface area contributed by atoms with Crippen LogP contribution in [0.25, 0.3) is 10.4 Å². The van der Waals surface area contributed by atoms with E-state index in [0.717, 1.165) is 0 Å². The molecule has 0 unspecified atom stereocenters. The number of carboxylic acids is 1. The first-order valence-electron chi connectivity index (χ1n) is 3.35. The summed E-state index contributed by atoms with van der Waals surface area (Å²) in [5.74, 6) is -0.835. The van der Waals surface area contributed by atoms with Crippen LogP contribution in [0.15, 0.2) is 5.11 Å². The van der Waals surface area contributed by atoms with Crippen molar-refractivity contribution in [2.75, 3.05) is 0 Å². The average Bonchev–Trinajstić information content (AvgIpc) is 1.86. The lowest BCUT2D eigenvalue weighted by atomic mass is 10.1. The SMILES string of the molecule is CC(C)C[C@@H](N=[N+]=[N-])C(=O)O. The molecule has 0 fully saturated rings. The molecule has 0 spiro atoms. The van der Waals surface area contributed by atoms with Crippen molar-refractivity contribution in [2.24, 2.45) is 11.0 Å². The lowest BCUT2D eigenvalue weighted by Gasteiger charge is -2.07. The first-order valence-corrected chi connectivity index (χ1v) is 3.35. The summed E-state index contributed by atoms with van der Waals surface area (Å²) in [4.78, 5) is 12.8. The van der Waals surface area contributed by atoms with Crippen LogP contribution in [0.1, 0.15) is 20.3 Å². The van der Waals surface area contributed by atoms with Crippen molar-refractivity contribution in [1.82, 2.24) is 0 Å². The van der Waals surface area contributed by atoms with Crippen LogP contribution in [-0.2, 0) is 4.79 Å². The van der Waals surface area contributed by atoms with Crippen LogP contribution in [0, 0.1) is 5.92 Å². The van der Waals surface area contributed by atoms with Gasteiger partial charge in [-0.05, 0) is 17.9 Å². The second kappa shape index (κ2) is 4.57. The van der Waals surface area contributed by atoms with Crippen LogP contribution < -0.4 is 0 Å². The highest BCUT2D eigenvalue weighted by molar-refractivity contribution is 5.73. The van der Waals surface area contributed by atoms with E-state index in [0.29, 0.717) is 6.42 Å². The van der Waals surface area contributed by atoms with Gasteiger partial charge in [0.05, 0.1) is 0 Å². The molecule has 0 heterocycles. The van der Waals surface area contributed by atoms with Crippen molar-refractivity contribution >= 4 is 5.97 Å². The maximum atomic E-state index is 10.4. The van der Waals surface area contributed by atoms with Crippen LogP contribution in [0.5, 0.6) is 0 Å². The molecule has 5 nitrogen and oxygen atoms in total. The van der Waals surface area contributed by atoms with E-state index in [1.807, 2.05) is 13.8 Å². The number of hydrogen-bond donors (Lipinski definition) is 1. The molecule has 0 aliphatic heterocycles. The predicted molar refractivity (Wildman–Crippen MR) is 40.0 cm³/mol. The first kappa shape index (κ1) is 9.78. The fourth-order valence-corrected chi connectivity index (χ4v) is 0.706. The van der Waals surface area contributed by atoms with Crippen molar-refractivity contribution in [3.05, 3.63) is 10.4 Å². The Morgan fingerprint density at radius 2 is 2.27 bits per heavy atom. The van der Waals surface area contributed by atoms with E-state index in [1.165, 1.54) is 0 Å². The molecule has 0 aliphatic rings. The summed E-state index contributed by atoms with van der Waals surface area (Å²) >= 11 is 0. The van der Waals surface area contributed by atoms with Crippen LogP contribution in [-0.4, -0.2) is 17.1 Å². The third kappa shape index (κ3) is 4.22. The van der Waals surface area contributed by atoms with Gasteiger partial charge in [0.25, 0.3) is 0 Å². The first-order chi connectivity index (χ1) is 5.07. The van der Waals surface area contributed by atoms with E-state index in [9.17, 15) is 4.79 Å². The molecule has 11 heavy (non-hydrogen) atoms. The fraction of sp³-hybridized carbons (Fsp3) is 0.833. The van der Waals surface area contributed by atoms with E-state index in [2.05, 4.69) is 10.0 Å². The van der Waals surface area contributed by atoms with Crippen LogP contribution in [0.3, 0.4) is 0 Å². The predicted octanol–water partition coefficient (Wildman–Crippen LogP) is 1.80. The summed E-state index contributed by atoms with van der Waals surface area (Å²) in [6, 6.07) is -0.917. The summed E-state index contributed by atoms with van der Waals surface area (Å²) in [6.07, 6.45) is 0.388. The van der Waals surface area contributed by atoms with Crippen molar-refractivity contribution in [2.45, 2.75) is 26.3 Å². The smallest absolute Gasteiger partial charge is 0.312 e. The third-order valence-electron chi connectivity index (χ3n) is 1.17. The average molecular weight is 157 g/mol. The molecule has 0 saturated carbocycles. The molecule has 0 saturated heterocycles. The maximum absolute atomic E-state index is 10.4. The largest absolute Gasteiger partial charge is 0.481 e. The lowest BCUT2D eigenvalue weighted by Crippen LogP contribution is -2.18. The molecular formula is C6H11N3O2. The Kier molecular flexibility index (Phi) is 4.07. The highest BCUT2D eigenvalue weighted by atomic mass is 16.4. The van der Waals surface area contributed by atoms with Gasteiger partial charge in [-0.1, -0.05) is 19.0 Å². The van der Waals surface area contributed by atoms with E-state index < -0.39 is 12.0 Å². The molecule has 62 valence electrons. The second-order valence-corrected chi connectivity index (χ2v) is 2.69. The molecule has 0 aromatic carbocycles. The Balaban J connectivity index is 4.11. The highest BCUT2D eigenvalue weighted by Gasteiger charge is 2.16. The fourth-order valence-electron chi connectivity index (χ4n) is 0.706. The highest BCUT2D eigenvalue weighted by Crippen LogP contribution is 2.08. The zero-order chi connectivity index (χ0) is 8.85. The number of carbonyl (C=O) groups is 1. The Labute approximate surface area is 64.7 Å². The number of azide groups is 1. The number of rotatable bonds is 4. The molecule has 0 aromatic rings. The lowest BCUT2D eigenvalue weighted by molar-refractivity contribution is -0.138. The van der Waals surface area contributed by atoms with E-state index in [4.69, 9.17) is 10.6 Å². The van der Waals surface area contributed by atoms with Gasteiger partial charge in [-0.25, -0.2) is 0 Å². The van der Waals surface area contributed by atoms with Gasteiger partial charge in [0.1, 0.15) is 6.04 Å². The molecule has 5 heteroatoms. The summed E-state index contributed by atoms with van der Waals surface area (Å²) in [7, 11) is 0. The molecule has 0 rings (SSSR count). The van der Waals surface area contributed by atoms with Crippen LogP contribution in [0.4, 0.5) is 0 Å². The van der Waals surface area contributed by atoms with Crippen molar-refractivity contribution in [3.8, 4) is 0 Å².